The molecule has 3 heterocycles. The van der Waals surface area contributed by atoms with Gasteiger partial charge in [0.05, 0.1) is 18.8 Å². The van der Waals surface area contributed by atoms with E-state index in [9.17, 15) is 13.2 Å². The molecule has 1 aromatic heterocycles. The average molecular weight is 368 g/mol. The molecule has 24 heavy (non-hydrogen) atoms. The van der Waals surface area contributed by atoms with Gasteiger partial charge in [0.2, 0.25) is 0 Å². The molecule has 0 saturated carbocycles. The molecule has 3 atom stereocenters. The van der Waals surface area contributed by atoms with Crippen molar-refractivity contribution in [3.8, 4) is 0 Å². The van der Waals surface area contributed by atoms with Gasteiger partial charge in [-0.2, -0.15) is 13.2 Å². The zero-order valence-corrected chi connectivity index (χ0v) is 13.8. The fourth-order valence-corrected chi connectivity index (χ4v) is 3.56. The summed E-state index contributed by atoms with van der Waals surface area (Å²) in [5.41, 5.74) is 0. The van der Waals surface area contributed by atoms with Crippen molar-refractivity contribution < 1.29 is 32.5 Å². The van der Waals surface area contributed by atoms with E-state index in [2.05, 4.69) is 9.88 Å². The number of fused-ring (bicyclic) bond motifs is 1. The molecule has 0 unspecified atom stereocenters. The number of hydrogen-bond donors (Lipinski definition) is 1. The lowest BCUT2D eigenvalue weighted by Gasteiger charge is -2.40. The molecule has 0 spiro atoms. The molecular formula is C14H19F3N2O4S. The van der Waals surface area contributed by atoms with Crippen LogP contribution in [0.3, 0.4) is 0 Å². The van der Waals surface area contributed by atoms with E-state index >= 15 is 0 Å². The molecule has 2 fully saturated rings. The van der Waals surface area contributed by atoms with Gasteiger partial charge in [0.25, 0.3) is 0 Å². The van der Waals surface area contributed by atoms with E-state index in [1.54, 1.807) is 18.4 Å². The minimum absolute atomic E-state index is 0.258. The number of halogens is 3. The zero-order valence-electron chi connectivity index (χ0n) is 13.0. The number of carboxylic acids is 1. The molecular weight excluding hydrogens is 349 g/mol. The monoisotopic (exact) mass is 368 g/mol. The van der Waals surface area contributed by atoms with Crippen molar-refractivity contribution >= 4 is 17.3 Å². The Morgan fingerprint density at radius 2 is 2.25 bits per heavy atom. The van der Waals surface area contributed by atoms with E-state index in [0.29, 0.717) is 6.04 Å². The first-order valence-corrected chi connectivity index (χ1v) is 8.27. The molecule has 0 bridgehead atoms. The molecule has 2 aliphatic rings. The van der Waals surface area contributed by atoms with E-state index in [1.807, 2.05) is 11.6 Å². The molecule has 0 radical (unpaired) electrons. The van der Waals surface area contributed by atoms with Gasteiger partial charge in [0.15, 0.2) is 0 Å². The van der Waals surface area contributed by atoms with Crippen LogP contribution >= 0.6 is 11.3 Å². The first-order valence-electron chi connectivity index (χ1n) is 7.40. The van der Waals surface area contributed by atoms with E-state index in [0.717, 1.165) is 32.5 Å². The number of aliphatic carboxylic acids is 1. The van der Waals surface area contributed by atoms with Crippen molar-refractivity contribution in [1.29, 1.82) is 0 Å². The molecule has 6 nitrogen and oxygen atoms in total. The van der Waals surface area contributed by atoms with Gasteiger partial charge in [-0.3, -0.25) is 4.90 Å². The highest BCUT2D eigenvalue weighted by atomic mass is 32.1. The van der Waals surface area contributed by atoms with Gasteiger partial charge in [-0.05, 0) is 12.8 Å². The van der Waals surface area contributed by atoms with Gasteiger partial charge >= 0.3 is 12.1 Å². The third kappa shape index (κ3) is 4.88. The Balaban J connectivity index is 0.000000256. The van der Waals surface area contributed by atoms with E-state index in [-0.39, 0.29) is 12.2 Å². The molecule has 1 N–H and O–H groups in total. The molecule has 0 amide bonds. The van der Waals surface area contributed by atoms with Gasteiger partial charge in [-0.1, -0.05) is 0 Å². The molecule has 0 aromatic carbocycles. The predicted molar refractivity (Wildman–Crippen MR) is 79.8 cm³/mol. The summed E-state index contributed by atoms with van der Waals surface area (Å²) in [6.45, 7) is 2.91. The van der Waals surface area contributed by atoms with Gasteiger partial charge in [0.1, 0.15) is 5.01 Å². The standard InChI is InChI=1S/C12H18N2O2S.C2HF3O2/c1-15-10-2-5-14(8-11-13-4-7-17-11)9-3-6-16-12(9)10;3-2(4,5)1(6)7/h4,7,9-10,12H,2-3,5-6,8H2,1H3;(H,6,7)/t9-,10+,12-;/m0./s1. The van der Waals surface area contributed by atoms with Crippen LogP contribution in [-0.2, 0) is 20.8 Å². The topological polar surface area (TPSA) is 71.9 Å². The number of ether oxygens (including phenoxy) is 2. The zero-order chi connectivity index (χ0) is 17.7. The number of thiazole rings is 1. The summed E-state index contributed by atoms with van der Waals surface area (Å²) in [5.74, 6) is -2.76. The van der Waals surface area contributed by atoms with Crippen LogP contribution in [-0.4, -0.2) is 65.6 Å². The second kappa shape index (κ2) is 8.24. The van der Waals surface area contributed by atoms with Crippen molar-refractivity contribution in [2.45, 2.75) is 43.8 Å². The Morgan fingerprint density at radius 3 is 2.79 bits per heavy atom. The van der Waals surface area contributed by atoms with Gasteiger partial charge in [-0.15, -0.1) is 11.3 Å². The van der Waals surface area contributed by atoms with Gasteiger partial charge in [-0.25, -0.2) is 9.78 Å². The summed E-state index contributed by atoms with van der Waals surface area (Å²) in [6.07, 6.45) is -0.493. The molecule has 0 aliphatic carbocycles. The summed E-state index contributed by atoms with van der Waals surface area (Å²) >= 11 is 1.73. The normalized spacial score (nSPS) is 27.2. The minimum Gasteiger partial charge on any atom is -0.475 e. The van der Waals surface area contributed by atoms with Crippen molar-refractivity contribution in [2.75, 3.05) is 20.3 Å². The summed E-state index contributed by atoms with van der Waals surface area (Å²) in [5, 5.41) is 10.4. The Bertz CT molecular complexity index is 527. The average Bonchev–Trinajstić information content (AvgIpc) is 3.18. The smallest absolute Gasteiger partial charge is 0.475 e. The number of carboxylic acid groups (broad SMARTS) is 1. The summed E-state index contributed by atoms with van der Waals surface area (Å²) in [7, 11) is 1.79. The Labute approximate surface area is 141 Å². The number of rotatable bonds is 3. The van der Waals surface area contributed by atoms with Crippen molar-refractivity contribution in [1.82, 2.24) is 9.88 Å². The van der Waals surface area contributed by atoms with E-state index in [4.69, 9.17) is 19.4 Å². The van der Waals surface area contributed by atoms with Crippen LogP contribution in [0.1, 0.15) is 17.8 Å². The van der Waals surface area contributed by atoms with Crippen molar-refractivity contribution in [3.63, 3.8) is 0 Å². The lowest BCUT2D eigenvalue weighted by atomic mass is 9.96. The van der Waals surface area contributed by atoms with Crippen LogP contribution in [0, 0.1) is 0 Å². The molecule has 3 rings (SSSR count). The third-order valence-electron chi connectivity index (χ3n) is 4.01. The second-order valence-corrected chi connectivity index (χ2v) is 6.43. The third-order valence-corrected chi connectivity index (χ3v) is 4.77. The SMILES string of the molecule is CO[C@@H]1CCN(Cc2nccs2)[C@H]2CCO[C@H]12.O=C(O)C(F)(F)F. The highest BCUT2D eigenvalue weighted by molar-refractivity contribution is 7.09. The minimum atomic E-state index is -5.08. The van der Waals surface area contributed by atoms with Crippen LogP contribution in [0.4, 0.5) is 13.2 Å². The maximum atomic E-state index is 10.6. The molecule has 10 heteroatoms. The van der Waals surface area contributed by atoms with Crippen LogP contribution in [0.2, 0.25) is 0 Å². The Hall–Kier alpha value is -1.23. The second-order valence-electron chi connectivity index (χ2n) is 5.45. The van der Waals surface area contributed by atoms with E-state index in [1.165, 1.54) is 5.01 Å². The van der Waals surface area contributed by atoms with Crippen molar-refractivity contribution in [3.05, 3.63) is 16.6 Å². The van der Waals surface area contributed by atoms with Crippen molar-refractivity contribution in [2.24, 2.45) is 0 Å². The number of likely N-dealkylation sites (tertiary alicyclic amines) is 1. The quantitative estimate of drug-likeness (QED) is 0.882. The number of carbonyl (C=O) groups is 1. The van der Waals surface area contributed by atoms with Gasteiger partial charge in [0, 0.05) is 37.9 Å². The predicted octanol–water partition coefficient (Wildman–Crippen LogP) is 2.15. The fraction of sp³-hybridized carbons (Fsp3) is 0.714. The van der Waals surface area contributed by atoms with Gasteiger partial charge < -0.3 is 14.6 Å². The number of nitrogens with zero attached hydrogens (tertiary/aromatic N) is 2. The highest BCUT2D eigenvalue weighted by Crippen LogP contribution is 2.31. The van der Waals surface area contributed by atoms with Crippen LogP contribution in [0.25, 0.3) is 0 Å². The molecule has 1 aromatic rings. The summed E-state index contributed by atoms with van der Waals surface area (Å²) in [6, 6.07) is 0.512. The van der Waals surface area contributed by atoms with E-state index < -0.39 is 12.1 Å². The van der Waals surface area contributed by atoms with Crippen LogP contribution in [0.5, 0.6) is 0 Å². The Kier molecular flexibility index (Phi) is 6.55. The number of piperidine rings is 1. The summed E-state index contributed by atoms with van der Waals surface area (Å²) in [4.78, 5) is 15.8. The first-order chi connectivity index (χ1) is 11.3. The number of aromatic nitrogens is 1. The molecule has 2 saturated heterocycles. The summed E-state index contributed by atoms with van der Waals surface area (Å²) < 4.78 is 43.1. The van der Waals surface area contributed by atoms with Crippen LogP contribution in [0.15, 0.2) is 11.6 Å². The maximum absolute atomic E-state index is 10.6. The largest absolute Gasteiger partial charge is 0.490 e. The number of methoxy groups -OCH3 is 1. The Morgan fingerprint density at radius 1 is 1.54 bits per heavy atom. The lowest BCUT2D eigenvalue weighted by Crippen LogP contribution is -2.52. The fourth-order valence-electron chi connectivity index (χ4n) is 2.92. The first kappa shape index (κ1) is 19.1. The molecule has 136 valence electrons. The maximum Gasteiger partial charge on any atom is 0.490 e. The number of hydrogen-bond acceptors (Lipinski definition) is 6. The molecule has 2 aliphatic heterocycles. The van der Waals surface area contributed by atoms with Crippen LogP contribution < -0.4 is 0 Å². The number of alkyl halides is 3. The highest BCUT2D eigenvalue weighted by Gasteiger charge is 2.42. The lowest BCUT2D eigenvalue weighted by molar-refractivity contribution is -0.192.